The standard InChI is InChI=1S/C22H16N2O/c1-15-10-11-18-19(13-15)22(25)24-14-17-9-5-6-12-23(17)20(21(18)24)16-7-3-2-4-8-16/h2-14H,1H3. The molecule has 0 unspecified atom stereocenters. The maximum atomic E-state index is 13.0. The summed E-state index contributed by atoms with van der Waals surface area (Å²) in [7, 11) is 0. The lowest BCUT2D eigenvalue weighted by Crippen LogP contribution is -2.14. The molecule has 0 fully saturated rings. The average molecular weight is 324 g/mol. The summed E-state index contributed by atoms with van der Waals surface area (Å²) in [6.45, 7) is 2.02. The van der Waals surface area contributed by atoms with Gasteiger partial charge in [0.25, 0.3) is 5.56 Å². The number of pyridine rings is 1. The second-order valence-electron chi connectivity index (χ2n) is 6.41. The lowest BCUT2D eigenvalue weighted by Gasteiger charge is -2.16. The summed E-state index contributed by atoms with van der Waals surface area (Å²) in [6.07, 6.45) is 3.98. The molecule has 3 heterocycles. The third kappa shape index (κ3) is 1.96. The second kappa shape index (κ2) is 5.08. The number of fused-ring (bicyclic) bond motifs is 4. The Morgan fingerprint density at radius 2 is 1.64 bits per heavy atom. The van der Waals surface area contributed by atoms with Crippen LogP contribution in [0.3, 0.4) is 0 Å². The van der Waals surface area contributed by atoms with Crippen molar-refractivity contribution in [2.75, 3.05) is 0 Å². The Bertz CT molecular complexity index is 1260. The SMILES string of the molecule is Cc1ccc2c3c(-c4ccccc4)n4ccccc4cn-3c(=O)c2c1. The van der Waals surface area contributed by atoms with Gasteiger partial charge in [-0.25, -0.2) is 0 Å². The minimum Gasteiger partial charge on any atom is -0.313 e. The van der Waals surface area contributed by atoms with Crippen LogP contribution in [0.15, 0.2) is 83.9 Å². The van der Waals surface area contributed by atoms with Crippen molar-refractivity contribution in [3.05, 3.63) is 95.0 Å². The van der Waals surface area contributed by atoms with Crippen LogP contribution in [0.1, 0.15) is 5.56 Å². The molecule has 0 amide bonds. The Morgan fingerprint density at radius 3 is 2.48 bits per heavy atom. The van der Waals surface area contributed by atoms with E-state index in [1.165, 1.54) is 0 Å². The van der Waals surface area contributed by atoms with Gasteiger partial charge in [-0.1, -0.05) is 54.1 Å². The molecule has 1 aromatic heterocycles. The van der Waals surface area contributed by atoms with Gasteiger partial charge in [-0.15, -0.1) is 0 Å². The van der Waals surface area contributed by atoms with E-state index < -0.39 is 0 Å². The average Bonchev–Trinajstić information content (AvgIpc) is 2.92. The summed E-state index contributed by atoms with van der Waals surface area (Å²) in [5.74, 6) is 0. The van der Waals surface area contributed by atoms with Crippen molar-refractivity contribution in [1.82, 2.24) is 8.97 Å². The summed E-state index contributed by atoms with van der Waals surface area (Å²) in [4.78, 5) is 13.0. The first-order valence-electron chi connectivity index (χ1n) is 8.34. The monoisotopic (exact) mass is 324 g/mol. The van der Waals surface area contributed by atoms with Crippen molar-refractivity contribution in [3.8, 4) is 16.9 Å². The first-order chi connectivity index (χ1) is 12.2. The van der Waals surface area contributed by atoms with Gasteiger partial charge < -0.3 is 4.40 Å². The molecule has 25 heavy (non-hydrogen) atoms. The number of benzene rings is 2. The van der Waals surface area contributed by atoms with Gasteiger partial charge in [0.1, 0.15) is 0 Å². The number of rotatable bonds is 1. The van der Waals surface area contributed by atoms with Crippen molar-refractivity contribution >= 4 is 16.3 Å². The normalized spacial score (nSPS) is 11.6. The summed E-state index contributed by atoms with van der Waals surface area (Å²) in [5.41, 5.74) is 5.21. The Labute approximate surface area is 144 Å². The van der Waals surface area contributed by atoms with Crippen LogP contribution in [-0.2, 0) is 0 Å². The summed E-state index contributed by atoms with van der Waals surface area (Å²) in [5, 5.41) is 1.76. The highest BCUT2D eigenvalue weighted by Gasteiger charge is 2.21. The van der Waals surface area contributed by atoms with Crippen molar-refractivity contribution in [2.24, 2.45) is 0 Å². The molecule has 0 N–H and O–H groups in total. The van der Waals surface area contributed by atoms with Gasteiger partial charge in [0.2, 0.25) is 0 Å². The molecule has 3 nitrogen and oxygen atoms in total. The number of hydrogen-bond acceptors (Lipinski definition) is 1. The molecule has 2 aliphatic heterocycles. The molecule has 2 aromatic carbocycles. The molecule has 2 aliphatic rings. The Hall–Kier alpha value is -3.33. The molecular weight excluding hydrogens is 308 g/mol. The van der Waals surface area contributed by atoms with Crippen LogP contribution in [0.5, 0.6) is 0 Å². The quantitative estimate of drug-likeness (QED) is 0.440. The molecule has 0 bridgehead atoms. The fraction of sp³-hybridized carbons (Fsp3) is 0.0455. The van der Waals surface area contributed by atoms with Gasteiger partial charge in [0.05, 0.1) is 16.9 Å². The van der Waals surface area contributed by atoms with Crippen LogP contribution >= 0.6 is 0 Å². The predicted molar refractivity (Wildman–Crippen MR) is 102 cm³/mol. The lowest BCUT2D eigenvalue weighted by molar-refractivity contribution is 0.990. The molecule has 3 heteroatoms. The maximum Gasteiger partial charge on any atom is 0.263 e. The highest BCUT2D eigenvalue weighted by Crippen LogP contribution is 2.34. The molecular formula is C22H16N2O. The van der Waals surface area contributed by atoms with Gasteiger partial charge in [-0.3, -0.25) is 9.36 Å². The summed E-state index contributed by atoms with van der Waals surface area (Å²) in [6, 6.07) is 22.4. The van der Waals surface area contributed by atoms with Crippen LogP contribution in [0.2, 0.25) is 0 Å². The molecule has 0 atom stereocenters. The fourth-order valence-corrected chi connectivity index (χ4v) is 3.65. The van der Waals surface area contributed by atoms with Gasteiger partial charge in [0, 0.05) is 28.7 Å². The Balaban J connectivity index is 2.09. The fourth-order valence-electron chi connectivity index (χ4n) is 3.65. The molecule has 5 rings (SSSR count). The number of hydrogen-bond donors (Lipinski definition) is 0. The van der Waals surface area contributed by atoms with Gasteiger partial charge >= 0.3 is 0 Å². The smallest absolute Gasteiger partial charge is 0.263 e. The van der Waals surface area contributed by atoms with Gasteiger partial charge in [-0.2, -0.15) is 0 Å². The zero-order chi connectivity index (χ0) is 17.0. The molecule has 0 spiro atoms. The van der Waals surface area contributed by atoms with E-state index in [0.29, 0.717) is 0 Å². The zero-order valence-electron chi connectivity index (χ0n) is 13.8. The van der Waals surface area contributed by atoms with E-state index >= 15 is 0 Å². The maximum absolute atomic E-state index is 13.0. The minimum absolute atomic E-state index is 0.0391. The molecule has 0 radical (unpaired) electrons. The Kier molecular flexibility index (Phi) is 2.86. The van der Waals surface area contributed by atoms with Crippen LogP contribution in [0, 0.1) is 6.92 Å². The van der Waals surface area contributed by atoms with E-state index in [1.54, 1.807) is 4.57 Å². The van der Waals surface area contributed by atoms with E-state index in [1.807, 2.05) is 55.6 Å². The predicted octanol–water partition coefficient (Wildman–Crippen LogP) is 4.66. The zero-order valence-corrected chi connectivity index (χ0v) is 13.8. The second-order valence-corrected chi connectivity index (χ2v) is 6.41. The number of nitrogens with zero attached hydrogens (tertiary/aromatic N) is 2. The molecule has 3 aromatic rings. The molecule has 120 valence electrons. The number of aryl methyl sites for hydroxylation is 1. The van der Waals surface area contributed by atoms with Crippen LogP contribution < -0.4 is 5.56 Å². The van der Waals surface area contributed by atoms with Gasteiger partial charge in [0.15, 0.2) is 0 Å². The lowest BCUT2D eigenvalue weighted by atomic mass is 10.1. The summed E-state index contributed by atoms with van der Waals surface area (Å²) < 4.78 is 3.95. The molecule has 0 saturated carbocycles. The van der Waals surface area contributed by atoms with E-state index in [0.717, 1.165) is 38.8 Å². The third-order valence-corrected chi connectivity index (χ3v) is 4.79. The van der Waals surface area contributed by atoms with Crippen LogP contribution in [0.25, 0.3) is 33.2 Å². The largest absolute Gasteiger partial charge is 0.313 e. The first kappa shape index (κ1) is 14.1. The third-order valence-electron chi connectivity index (χ3n) is 4.79. The van der Waals surface area contributed by atoms with Crippen LogP contribution in [0.4, 0.5) is 0 Å². The number of aromatic nitrogens is 2. The minimum atomic E-state index is 0.0391. The highest BCUT2D eigenvalue weighted by atomic mass is 16.1. The van der Waals surface area contributed by atoms with Crippen molar-refractivity contribution in [3.63, 3.8) is 0 Å². The van der Waals surface area contributed by atoms with E-state index in [2.05, 4.69) is 34.9 Å². The van der Waals surface area contributed by atoms with E-state index in [9.17, 15) is 4.79 Å². The van der Waals surface area contributed by atoms with E-state index in [-0.39, 0.29) is 5.56 Å². The van der Waals surface area contributed by atoms with Crippen molar-refractivity contribution < 1.29 is 0 Å². The van der Waals surface area contributed by atoms with Crippen molar-refractivity contribution in [1.29, 1.82) is 0 Å². The summed E-state index contributed by atoms with van der Waals surface area (Å²) >= 11 is 0. The van der Waals surface area contributed by atoms with Crippen molar-refractivity contribution in [2.45, 2.75) is 6.92 Å². The molecule has 0 aliphatic carbocycles. The van der Waals surface area contributed by atoms with Gasteiger partial charge in [-0.05, 0) is 25.1 Å². The highest BCUT2D eigenvalue weighted by molar-refractivity contribution is 5.98. The molecule has 0 saturated heterocycles. The Morgan fingerprint density at radius 1 is 0.840 bits per heavy atom. The van der Waals surface area contributed by atoms with Crippen LogP contribution in [-0.4, -0.2) is 8.97 Å². The topological polar surface area (TPSA) is 26.4 Å². The first-order valence-corrected chi connectivity index (χ1v) is 8.34. The van der Waals surface area contributed by atoms with E-state index in [4.69, 9.17) is 0 Å².